The van der Waals surface area contributed by atoms with Gasteiger partial charge in [-0.2, -0.15) is 0 Å². The second-order valence-corrected chi connectivity index (χ2v) is 7.24. The Morgan fingerprint density at radius 3 is 2.13 bits per heavy atom. The summed E-state index contributed by atoms with van der Waals surface area (Å²) in [6.45, 7) is 9.93. The Hall–Kier alpha value is -1.84. The number of hydrogen-bond donors (Lipinski definition) is 1. The van der Waals surface area contributed by atoms with E-state index in [4.69, 9.17) is 10.5 Å². The number of amides is 1. The Balaban J connectivity index is 2.77. The number of esters is 1. The maximum absolute atomic E-state index is 12.2. The van der Waals surface area contributed by atoms with Crippen LogP contribution in [0.4, 0.5) is 0 Å². The van der Waals surface area contributed by atoms with Crippen molar-refractivity contribution in [1.82, 2.24) is 0 Å². The van der Waals surface area contributed by atoms with Crippen molar-refractivity contribution in [3.8, 4) is 0 Å². The minimum Gasteiger partial charge on any atom is -0.465 e. The van der Waals surface area contributed by atoms with Crippen molar-refractivity contribution in [2.75, 3.05) is 6.61 Å². The zero-order chi connectivity index (χ0) is 17.7. The molecule has 1 amide bonds. The van der Waals surface area contributed by atoms with Crippen LogP contribution in [0.3, 0.4) is 0 Å². The van der Waals surface area contributed by atoms with Crippen LogP contribution in [-0.2, 0) is 26.2 Å². The first-order chi connectivity index (χ1) is 10.6. The number of carbonyl (C=O) groups excluding carboxylic acids is 2. The number of ether oxygens (including phenoxy) is 1. The Morgan fingerprint density at radius 2 is 1.65 bits per heavy atom. The van der Waals surface area contributed by atoms with Gasteiger partial charge >= 0.3 is 5.97 Å². The highest BCUT2D eigenvalue weighted by atomic mass is 16.5. The van der Waals surface area contributed by atoms with Gasteiger partial charge in [0.25, 0.3) is 0 Å². The number of benzene rings is 1. The van der Waals surface area contributed by atoms with Crippen LogP contribution in [-0.4, -0.2) is 18.5 Å². The first-order valence-electron chi connectivity index (χ1n) is 8.18. The molecule has 0 spiro atoms. The lowest BCUT2D eigenvalue weighted by Crippen LogP contribution is -2.35. The van der Waals surface area contributed by atoms with E-state index in [9.17, 15) is 9.59 Å². The van der Waals surface area contributed by atoms with Crippen LogP contribution in [0.1, 0.15) is 58.6 Å². The van der Waals surface area contributed by atoms with Crippen LogP contribution >= 0.6 is 0 Å². The van der Waals surface area contributed by atoms with Gasteiger partial charge in [0.2, 0.25) is 5.91 Å². The summed E-state index contributed by atoms with van der Waals surface area (Å²) >= 11 is 0. The smallest absolute Gasteiger partial charge is 0.311 e. The molecule has 0 aliphatic heterocycles. The van der Waals surface area contributed by atoms with Crippen LogP contribution in [0, 0.1) is 5.41 Å². The fourth-order valence-electron chi connectivity index (χ4n) is 2.27. The van der Waals surface area contributed by atoms with E-state index in [1.54, 1.807) is 13.8 Å². The summed E-state index contributed by atoms with van der Waals surface area (Å²) in [6.07, 6.45) is 2.48. The molecule has 0 bridgehead atoms. The highest BCUT2D eigenvalue weighted by Gasteiger charge is 2.30. The lowest BCUT2D eigenvalue weighted by molar-refractivity contribution is -0.154. The third-order valence-corrected chi connectivity index (χ3v) is 4.22. The number of hydrogen-bond acceptors (Lipinski definition) is 3. The van der Waals surface area contributed by atoms with Gasteiger partial charge in [0.1, 0.15) is 0 Å². The second kappa shape index (κ2) is 7.62. The molecule has 2 N–H and O–H groups in total. The van der Waals surface area contributed by atoms with Crippen molar-refractivity contribution in [3.63, 3.8) is 0 Å². The van der Waals surface area contributed by atoms with Crippen LogP contribution < -0.4 is 5.73 Å². The molecule has 0 aliphatic carbocycles. The summed E-state index contributed by atoms with van der Waals surface area (Å²) in [6, 6.07) is 7.69. The van der Waals surface area contributed by atoms with Gasteiger partial charge in [0.05, 0.1) is 17.4 Å². The molecule has 0 unspecified atom stereocenters. The van der Waals surface area contributed by atoms with Gasteiger partial charge in [-0.1, -0.05) is 37.6 Å². The fraction of sp³-hybridized carbons (Fsp3) is 0.579. The van der Waals surface area contributed by atoms with E-state index in [0.717, 1.165) is 24.0 Å². The molecule has 0 heterocycles. The molecule has 23 heavy (non-hydrogen) atoms. The monoisotopic (exact) mass is 319 g/mol. The number of nitrogens with two attached hydrogens (primary N) is 1. The van der Waals surface area contributed by atoms with E-state index < -0.39 is 10.8 Å². The minimum atomic E-state index is -0.701. The van der Waals surface area contributed by atoms with Gasteiger partial charge in [-0.05, 0) is 51.7 Å². The Morgan fingerprint density at radius 1 is 1.09 bits per heavy atom. The molecular weight excluding hydrogens is 290 g/mol. The van der Waals surface area contributed by atoms with Crippen molar-refractivity contribution >= 4 is 11.9 Å². The van der Waals surface area contributed by atoms with E-state index in [1.807, 2.05) is 38.1 Å². The molecule has 4 nitrogen and oxygen atoms in total. The quantitative estimate of drug-likeness (QED) is 0.590. The molecule has 0 saturated heterocycles. The van der Waals surface area contributed by atoms with Gasteiger partial charge in [-0.15, -0.1) is 0 Å². The van der Waals surface area contributed by atoms with Crippen LogP contribution in [0.2, 0.25) is 0 Å². The van der Waals surface area contributed by atoms with Crippen molar-refractivity contribution in [1.29, 1.82) is 0 Å². The van der Waals surface area contributed by atoms with E-state index in [1.165, 1.54) is 0 Å². The van der Waals surface area contributed by atoms with Crippen LogP contribution in [0.5, 0.6) is 0 Å². The maximum Gasteiger partial charge on any atom is 0.311 e. The summed E-state index contributed by atoms with van der Waals surface area (Å²) in [4.78, 5) is 23.7. The third-order valence-electron chi connectivity index (χ3n) is 4.22. The average Bonchev–Trinajstić information content (AvgIpc) is 2.47. The predicted molar refractivity (Wildman–Crippen MR) is 92.0 cm³/mol. The summed E-state index contributed by atoms with van der Waals surface area (Å²) in [7, 11) is 0. The molecule has 0 fully saturated rings. The van der Waals surface area contributed by atoms with Crippen molar-refractivity contribution in [2.45, 2.75) is 59.3 Å². The van der Waals surface area contributed by atoms with Crippen LogP contribution in [0.25, 0.3) is 0 Å². The second-order valence-electron chi connectivity index (χ2n) is 7.24. The lowest BCUT2D eigenvalue weighted by Gasteiger charge is -2.24. The lowest BCUT2D eigenvalue weighted by atomic mass is 9.81. The largest absolute Gasteiger partial charge is 0.465 e. The Labute approximate surface area is 139 Å². The molecule has 4 heteroatoms. The average molecular weight is 319 g/mol. The summed E-state index contributed by atoms with van der Waals surface area (Å²) < 4.78 is 5.33. The molecule has 0 saturated carbocycles. The van der Waals surface area contributed by atoms with Crippen molar-refractivity contribution in [3.05, 3.63) is 35.4 Å². The Kier molecular flexibility index (Phi) is 6.37. The molecule has 0 radical (unpaired) electrons. The van der Waals surface area contributed by atoms with Crippen molar-refractivity contribution < 1.29 is 14.3 Å². The van der Waals surface area contributed by atoms with Gasteiger partial charge in [-0.3, -0.25) is 9.59 Å². The Bertz CT molecular complexity index is 544. The zero-order valence-electron chi connectivity index (χ0n) is 14.9. The number of primary amides is 1. The first kappa shape index (κ1) is 19.2. The molecule has 1 rings (SSSR count). The molecule has 128 valence electrons. The van der Waals surface area contributed by atoms with Gasteiger partial charge in [0, 0.05) is 0 Å². The highest BCUT2D eigenvalue weighted by Crippen LogP contribution is 2.27. The van der Waals surface area contributed by atoms with E-state index >= 15 is 0 Å². The highest BCUT2D eigenvalue weighted by molar-refractivity contribution is 5.85. The topological polar surface area (TPSA) is 69.4 Å². The van der Waals surface area contributed by atoms with Gasteiger partial charge < -0.3 is 10.5 Å². The molecule has 1 aromatic rings. The zero-order valence-corrected chi connectivity index (χ0v) is 14.9. The number of carbonyl (C=O) groups is 2. The number of unbranched alkanes of at least 4 members (excludes halogenated alkanes) is 1. The molecular formula is C19H29NO3. The molecule has 1 aromatic carbocycles. The van der Waals surface area contributed by atoms with Gasteiger partial charge in [-0.25, -0.2) is 0 Å². The molecule has 0 aliphatic rings. The minimum absolute atomic E-state index is 0.174. The van der Waals surface area contributed by atoms with E-state index in [0.29, 0.717) is 13.0 Å². The molecule has 0 atom stereocenters. The van der Waals surface area contributed by atoms with E-state index in [-0.39, 0.29) is 11.9 Å². The van der Waals surface area contributed by atoms with Crippen LogP contribution in [0.15, 0.2) is 24.3 Å². The maximum atomic E-state index is 12.2. The third kappa shape index (κ3) is 5.08. The number of rotatable bonds is 8. The SMILES string of the molecule is CCCCOC(=O)C(C)(C)Cc1ccc(C(C)(C)C(N)=O)cc1. The summed E-state index contributed by atoms with van der Waals surface area (Å²) in [5, 5.41) is 0. The fourth-order valence-corrected chi connectivity index (χ4v) is 2.27. The molecule has 0 aromatic heterocycles. The predicted octanol–water partition coefficient (Wildman–Crippen LogP) is 3.36. The first-order valence-corrected chi connectivity index (χ1v) is 8.18. The summed E-state index contributed by atoms with van der Waals surface area (Å²) in [5.74, 6) is -0.530. The standard InChI is InChI=1S/C19H29NO3/c1-6-7-12-23-17(22)18(2,3)13-14-8-10-15(11-9-14)19(4,5)16(20)21/h8-11H,6-7,12-13H2,1-5H3,(H2,20,21). The summed E-state index contributed by atoms with van der Waals surface area (Å²) in [5.41, 5.74) is 6.07. The van der Waals surface area contributed by atoms with Gasteiger partial charge in [0.15, 0.2) is 0 Å². The van der Waals surface area contributed by atoms with E-state index in [2.05, 4.69) is 6.92 Å². The van der Waals surface area contributed by atoms with Crippen molar-refractivity contribution in [2.24, 2.45) is 11.1 Å². The normalized spacial score (nSPS) is 12.0.